The maximum absolute atomic E-state index is 12.6. The number of hydrogen-bond acceptors (Lipinski definition) is 4. The van der Waals surface area contributed by atoms with E-state index in [1.165, 1.54) is 0 Å². The lowest BCUT2D eigenvalue weighted by Crippen LogP contribution is -2.32. The van der Waals surface area contributed by atoms with E-state index in [1.807, 2.05) is 39.0 Å². The summed E-state index contributed by atoms with van der Waals surface area (Å²) in [5, 5.41) is 2.90. The molecule has 3 rings (SSSR count). The van der Waals surface area contributed by atoms with Crippen molar-refractivity contribution in [3.63, 3.8) is 0 Å². The molecule has 0 unspecified atom stereocenters. The molecule has 1 aliphatic heterocycles. The molecule has 1 amide bonds. The summed E-state index contributed by atoms with van der Waals surface area (Å²) in [6.07, 6.45) is 0.0118. The lowest BCUT2D eigenvalue weighted by atomic mass is 10.1. The zero-order chi connectivity index (χ0) is 17.8. The number of hydrogen-bond donors (Lipinski definition) is 1. The number of rotatable bonds is 5. The van der Waals surface area contributed by atoms with E-state index in [-0.39, 0.29) is 5.91 Å². The third-order valence-electron chi connectivity index (χ3n) is 4.30. The van der Waals surface area contributed by atoms with E-state index in [9.17, 15) is 4.79 Å². The van der Waals surface area contributed by atoms with Crippen LogP contribution >= 0.6 is 0 Å². The van der Waals surface area contributed by atoms with Gasteiger partial charge in [-0.25, -0.2) is 0 Å². The molecule has 132 valence electrons. The lowest BCUT2D eigenvalue weighted by molar-refractivity contribution is -0.122. The van der Waals surface area contributed by atoms with Crippen molar-refractivity contribution < 1.29 is 19.0 Å². The molecular formula is C20H23NO4. The Morgan fingerprint density at radius 3 is 2.68 bits per heavy atom. The number of carbonyl (C=O) groups excluding carboxylic acids is 1. The third-order valence-corrected chi connectivity index (χ3v) is 4.30. The van der Waals surface area contributed by atoms with Crippen molar-refractivity contribution in [2.75, 3.05) is 18.5 Å². The van der Waals surface area contributed by atoms with Crippen LogP contribution in [0.2, 0.25) is 0 Å². The molecule has 0 radical (unpaired) electrons. The first-order chi connectivity index (χ1) is 12.1. The smallest absolute Gasteiger partial charge is 0.265 e. The molecule has 0 aromatic heterocycles. The minimum absolute atomic E-state index is 0.180. The van der Waals surface area contributed by atoms with Crippen molar-refractivity contribution in [1.29, 1.82) is 0 Å². The number of aryl methyl sites for hydroxylation is 1. The summed E-state index contributed by atoms with van der Waals surface area (Å²) in [5.74, 6) is 1.90. The molecule has 0 saturated carbocycles. The standard InChI is InChI=1S/C20H23NO4/c1-4-16(25-17-7-5-6-13(2)14(17)3)20(22)21-15-8-9-18-19(12-15)24-11-10-23-18/h5-9,12,16H,4,10-11H2,1-3H3,(H,21,22)/t16-/m0/s1. The number of ether oxygens (including phenoxy) is 3. The molecule has 5 nitrogen and oxygen atoms in total. The summed E-state index contributed by atoms with van der Waals surface area (Å²) in [5.41, 5.74) is 2.85. The molecule has 0 saturated heterocycles. The molecule has 0 aliphatic carbocycles. The van der Waals surface area contributed by atoms with Gasteiger partial charge in [-0.3, -0.25) is 4.79 Å². The van der Waals surface area contributed by atoms with Crippen LogP contribution in [0.5, 0.6) is 17.2 Å². The Kier molecular flexibility index (Phi) is 5.12. The van der Waals surface area contributed by atoms with E-state index in [0.29, 0.717) is 36.8 Å². The first kappa shape index (κ1) is 17.1. The summed E-state index contributed by atoms with van der Waals surface area (Å²) >= 11 is 0. The Bertz CT molecular complexity index is 772. The van der Waals surface area contributed by atoms with Gasteiger partial charge in [-0.1, -0.05) is 19.1 Å². The largest absolute Gasteiger partial charge is 0.486 e. The summed E-state index contributed by atoms with van der Waals surface area (Å²) in [7, 11) is 0. The van der Waals surface area contributed by atoms with E-state index < -0.39 is 6.10 Å². The number of carbonyl (C=O) groups is 1. The fraction of sp³-hybridized carbons (Fsp3) is 0.350. The van der Waals surface area contributed by atoms with E-state index in [1.54, 1.807) is 18.2 Å². The number of anilines is 1. The highest BCUT2D eigenvalue weighted by Crippen LogP contribution is 2.32. The topological polar surface area (TPSA) is 56.8 Å². The molecule has 1 heterocycles. The summed E-state index contributed by atoms with van der Waals surface area (Å²) in [6, 6.07) is 11.2. The average Bonchev–Trinajstić information content (AvgIpc) is 2.62. The van der Waals surface area contributed by atoms with Crippen LogP contribution in [0.4, 0.5) is 5.69 Å². The van der Waals surface area contributed by atoms with Crippen LogP contribution < -0.4 is 19.5 Å². The molecule has 0 fully saturated rings. The Labute approximate surface area is 147 Å². The van der Waals surface area contributed by atoms with Crippen molar-refractivity contribution in [2.45, 2.75) is 33.3 Å². The number of benzene rings is 2. The summed E-state index contributed by atoms with van der Waals surface area (Å²) in [4.78, 5) is 12.6. The minimum Gasteiger partial charge on any atom is -0.486 e. The molecule has 2 aromatic carbocycles. The monoisotopic (exact) mass is 341 g/mol. The van der Waals surface area contributed by atoms with Crippen LogP contribution in [0, 0.1) is 13.8 Å². The van der Waals surface area contributed by atoms with E-state index in [2.05, 4.69) is 5.32 Å². The van der Waals surface area contributed by atoms with Gasteiger partial charge in [0.15, 0.2) is 17.6 Å². The maximum atomic E-state index is 12.6. The van der Waals surface area contributed by atoms with Crippen LogP contribution in [-0.2, 0) is 4.79 Å². The normalized spacial score (nSPS) is 13.9. The van der Waals surface area contributed by atoms with Gasteiger partial charge in [-0.15, -0.1) is 0 Å². The SMILES string of the molecule is CC[C@H](Oc1cccc(C)c1C)C(=O)Nc1ccc2c(c1)OCCO2. The van der Waals surface area contributed by atoms with Crippen molar-refractivity contribution in [3.05, 3.63) is 47.5 Å². The third kappa shape index (κ3) is 3.87. The van der Waals surface area contributed by atoms with Gasteiger partial charge in [0, 0.05) is 11.8 Å². The van der Waals surface area contributed by atoms with Crippen LogP contribution in [-0.4, -0.2) is 25.2 Å². The van der Waals surface area contributed by atoms with E-state index in [4.69, 9.17) is 14.2 Å². The average molecular weight is 341 g/mol. The van der Waals surface area contributed by atoms with Crippen LogP contribution in [0.1, 0.15) is 24.5 Å². The first-order valence-electron chi connectivity index (χ1n) is 8.52. The highest BCUT2D eigenvalue weighted by Gasteiger charge is 2.20. The van der Waals surface area contributed by atoms with E-state index in [0.717, 1.165) is 16.9 Å². The highest BCUT2D eigenvalue weighted by atomic mass is 16.6. The fourth-order valence-electron chi connectivity index (χ4n) is 2.67. The van der Waals surface area contributed by atoms with Gasteiger partial charge in [0.05, 0.1) is 0 Å². The first-order valence-corrected chi connectivity index (χ1v) is 8.52. The zero-order valence-electron chi connectivity index (χ0n) is 14.8. The predicted octanol–water partition coefficient (Wildman–Crippen LogP) is 3.87. The zero-order valence-corrected chi connectivity index (χ0v) is 14.8. The van der Waals surface area contributed by atoms with Gasteiger partial charge < -0.3 is 19.5 Å². The molecule has 0 bridgehead atoms. The Balaban J connectivity index is 1.71. The van der Waals surface area contributed by atoms with Crippen molar-refractivity contribution in [3.8, 4) is 17.2 Å². The molecule has 0 spiro atoms. The van der Waals surface area contributed by atoms with Gasteiger partial charge >= 0.3 is 0 Å². The highest BCUT2D eigenvalue weighted by molar-refractivity contribution is 5.94. The minimum atomic E-state index is -0.561. The van der Waals surface area contributed by atoms with E-state index >= 15 is 0 Å². The van der Waals surface area contributed by atoms with Crippen molar-refractivity contribution >= 4 is 11.6 Å². The van der Waals surface area contributed by atoms with Crippen LogP contribution in [0.15, 0.2) is 36.4 Å². The lowest BCUT2D eigenvalue weighted by Gasteiger charge is -2.21. The van der Waals surface area contributed by atoms with Gasteiger partial charge in [-0.2, -0.15) is 0 Å². The van der Waals surface area contributed by atoms with Crippen molar-refractivity contribution in [1.82, 2.24) is 0 Å². The number of amides is 1. The van der Waals surface area contributed by atoms with Gasteiger partial charge in [-0.05, 0) is 49.6 Å². The van der Waals surface area contributed by atoms with Crippen LogP contribution in [0.3, 0.4) is 0 Å². The predicted molar refractivity (Wildman–Crippen MR) is 96.7 cm³/mol. The molecular weight excluding hydrogens is 318 g/mol. The number of nitrogens with one attached hydrogen (secondary N) is 1. The second-order valence-electron chi connectivity index (χ2n) is 6.06. The quantitative estimate of drug-likeness (QED) is 0.897. The van der Waals surface area contributed by atoms with Crippen LogP contribution in [0.25, 0.3) is 0 Å². The Morgan fingerprint density at radius 2 is 1.92 bits per heavy atom. The second-order valence-corrected chi connectivity index (χ2v) is 6.06. The van der Waals surface area contributed by atoms with Crippen molar-refractivity contribution in [2.24, 2.45) is 0 Å². The number of fused-ring (bicyclic) bond motifs is 1. The molecule has 1 aliphatic rings. The summed E-state index contributed by atoms with van der Waals surface area (Å²) in [6.45, 7) is 7.01. The fourth-order valence-corrected chi connectivity index (χ4v) is 2.67. The molecule has 25 heavy (non-hydrogen) atoms. The molecule has 2 aromatic rings. The molecule has 1 atom stereocenters. The van der Waals surface area contributed by atoms with Gasteiger partial charge in [0.1, 0.15) is 19.0 Å². The summed E-state index contributed by atoms with van der Waals surface area (Å²) < 4.78 is 17.0. The van der Waals surface area contributed by atoms with Gasteiger partial charge in [0.2, 0.25) is 0 Å². The second kappa shape index (κ2) is 7.47. The maximum Gasteiger partial charge on any atom is 0.265 e. The van der Waals surface area contributed by atoms with Gasteiger partial charge in [0.25, 0.3) is 5.91 Å². The Morgan fingerprint density at radius 1 is 1.16 bits per heavy atom. The molecule has 5 heteroatoms. The molecule has 1 N–H and O–H groups in total. The Hall–Kier alpha value is -2.69.